The summed E-state index contributed by atoms with van der Waals surface area (Å²) >= 11 is 0. The van der Waals surface area contributed by atoms with Gasteiger partial charge in [0.15, 0.2) is 0 Å². The minimum Gasteiger partial charge on any atom is -0.489 e. The van der Waals surface area contributed by atoms with Gasteiger partial charge >= 0.3 is 0 Å². The minimum atomic E-state index is 0.153. The van der Waals surface area contributed by atoms with Gasteiger partial charge in [0.25, 0.3) is 0 Å². The van der Waals surface area contributed by atoms with Crippen LogP contribution in [-0.2, 0) is 4.74 Å². The molecule has 0 radical (unpaired) electrons. The van der Waals surface area contributed by atoms with E-state index in [0.717, 1.165) is 12.8 Å². The van der Waals surface area contributed by atoms with E-state index >= 15 is 0 Å². The Morgan fingerprint density at radius 1 is 1.53 bits per heavy atom. The molecule has 2 rings (SSSR count). The van der Waals surface area contributed by atoms with Crippen LogP contribution in [0.15, 0.2) is 18.2 Å². The maximum atomic E-state index is 8.72. The monoisotopic (exact) mass is 232 g/mol. The predicted molar refractivity (Wildman–Crippen MR) is 64.6 cm³/mol. The summed E-state index contributed by atoms with van der Waals surface area (Å²) < 4.78 is 11.3. The van der Waals surface area contributed by atoms with Crippen molar-refractivity contribution < 1.29 is 9.47 Å². The standard InChI is InChI=1S/C13H16N2O2/c1-9-2-4-11(17-9)8-16-13-5-3-10(7-14)6-12(13)15/h3,5-6,9,11H,2,4,8,15H2,1H3. The molecule has 1 aromatic rings. The molecule has 1 aromatic carbocycles. The highest BCUT2D eigenvalue weighted by Gasteiger charge is 2.22. The molecule has 1 fully saturated rings. The molecule has 1 saturated heterocycles. The average Bonchev–Trinajstić information content (AvgIpc) is 2.73. The molecule has 1 aliphatic rings. The molecule has 0 bridgehead atoms. The quantitative estimate of drug-likeness (QED) is 0.810. The minimum absolute atomic E-state index is 0.153. The molecule has 2 N–H and O–H groups in total. The van der Waals surface area contributed by atoms with Gasteiger partial charge in [-0.2, -0.15) is 5.26 Å². The van der Waals surface area contributed by atoms with E-state index in [2.05, 4.69) is 6.92 Å². The summed E-state index contributed by atoms with van der Waals surface area (Å²) in [7, 11) is 0. The van der Waals surface area contributed by atoms with E-state index in [1.54, 1.807) is 18.2 Å². The number of nitrogen functional groups attached to an aromatic ring is 1. The molecule has 90 valence electrons. The number of nitriles is 1. The number of anilines is 1. The summed E-state index contributed by atoms with van der Waals surface area (Å²) in [5.74, 6) is 0.618. The number of nitrogens with two attached hydrogens (primary N) is 1. The van der Waals surface area contributed by atoms with Crippen LogP contribution >= 0.6 is 0 Å². The highest BCUT2D eigenvalue weighted by atomic mass is 16.5. The predicted octanol–water partition coefficient (Wildman–Crippen LogP) is 2.09. The van der Waals surface area contributed by atoms with Crippen LogP contribution in [0.5, 0.6) is 5.75 Å². The summed E-state index contributed by atoms with van der Waals surface area (Å²) in [6.45, 7) is 2.58. The van der Waals surface area contributed by atoms with Crippen LogP contribution in [-0.4, -0.2) is 18.8 Å². The molecule has 2 unspecified atom stereocenters. The molecule has 17 heavy (non-hydrogen) atoms. The molecular weight excluding hydrogens is 216 g/mol. The fourth-order valence-corrected chi connectivity index (χ4v) is 1.94. The number of hydrogen-bond acceptors (Lipinski definition) is 4. The van der Waals surface area contributed by atoms with Crippen molar-refractivity contribution in [1.29, 1.82) is 5.26 Å². The smallest absolute Gasteiger partial charge is 0.142 e. The molecule has 2 atom stereocenters. The van der Waals surface area contributed by atoms with Crippen molar-refractivity contribution in [3.63, 3.8) is 0 Å². The summed E-state index contributed by atoms with van der Waals surface area (Å²) in [6, 6.07) is 7.08. The zero-order valence-corrected chi connectivity index (χ0v) is 9.85. The lowest BCUT2D eigenvalue weighted by atomic mass is 10.2. The van der Waals surface area contributed by atoms with Crippen LogP contribution in [0.2, 0.25) is 0 Å². The molecule has 1 heterocycles. The Kier molecular flexibility index (Phi) is 3.50. The zero-order chi connectivity index (χ0) is 12.3. The van der Waals surface area contributed by atoms with Crippen molar-refractivity contribution >= 4 is 5.69 Å². The summed E-state index contributed by atoms with van der Waals surface area (Å²) in [6.07, 6.45) is 2.58. The molecular formula is C13H16N2O2. The van der Waals surface area contributed by atoms with Gasteiger partial charge in [0.2, 0.25) is 0 Å². The van der Waals surface area contributed by atoms with Crippen molar-refractivity contribution in [3.05, 3.63) is 23.8 Å². The van der Waals surface area contributed by atoms with E-state index in [1.165, 1.54) is 0 Å². The Balaban J connectivity index is 1.93. The van der Waals surface area contributed by atoms with Gasteiger partial charge in [-0.1, -0.05) is 0 Å². The van der Waals surface area contributed by atoms with Crippen LogP contribution in [0.25, 0.3) is 0 Å². The number of nitrogens with zero attached hydrogens (tertiary/aromatic N) is 1. The van der Waals surface area contributed by atoms with Gasteiger partial charge < -0.3 is 15.2 Å². The third kappa shape index (κ3) is 2.89. The third-order valence-electron chi connectivity index (χ3n) is 2.88. The van der Waals surface area contributed by atoms with Crippen LogP contribution in [0, 0.1) is 11.3 Å². The normalized spacial score (nSPS) is 23.3. The Hall–Kier alpha value is -1.73. The first-order valence-electron chi connectivity index (χ1n) is 5.77. The van der Waals surface area contributed by atoms with Gasteiger partial charge in [0, 0.05) is 0 Å². The number of ether oxygens (including phenoxy) is 2. The topological polar surface area (TPSA) is 68.3 Å². The van der Waals surface area contributed by atoms with Gasteiger partial charge in [-0.3, -0.25) is 0 Å². The third-order valence-corrected chi connectivity index (χ3v) is 2.88. The SMILES string of the molecule is CC1CCC(COc2ccc(C#N)cc2N)O1. The zero-order valence-electron chi connectivity index (χ0n) is 9.85. The molecule has 0 spiro atoms. The molecule has 0 saturated carbocycles. The second kappa shape index (κ2) is 5.07. The van der Waals surface area contributed by atoms with E-state index in [-0.39, 0.29) is 6.10 Å². The van der Waals surface area contributed by atoms with Gasteiger partial charge in [0.05, 0.1) is 29.5 Å². The fraction of sp³-hybridized carbons (Fsp3) is 0.462. The Morgan fingerprint density at radius 2 is 2.35 bits per heavy atom. The van der Waals surface area contributed by atoms with Crippen molar-refractivity contribution in [1.82, 2.24) is 0 Å². The fourth-order valence-electron chi connectivity index (χ4n) is 1.94. The molecule has 4 heteroatoms. The largest absolute Gasteiger partial charge is 0.489 e. The van der Waals surface area contributed by atoms with Crippen molar-refractivity contribution in [2.24, 2.45) is 0 Å². The van der Waals surface area contributed by atoms with Crippen molar-refractivity contribution in [3.8, 4) is 11.8 Å². The van der Waals surface area contributed by atoms with Gasteiger partial charge in [-0.05, 0) is 38.0 Å². The summed E-state index contributed by atoms with van der Waals surface area (Å²) in [5.41, 5.74) is 6.83. The summed E-state index contributed by atoms with van der Waals surface area (Å²) in [5, 5.41) is 8.72. The summed E-state index contributed by atoms with van der Waals surface area (Å²) in [4.78, 5) is 0. The van der Waals surface area contributed by atoms with Gasteiger partial charge in [0.1, 0.15) is 12.4 Å². The number of benzene rings is 1. The first-order valence-corrected chi connectivity index (χ1v) is 5.77. The van der Waals surface area contributed by atoms with E-state index in [4.69, 9.17) is 20.5 Å². The highest BCUT2D eigenvalue weighted by Crippen LogP contribution is 2.24. The lowest BCUT2D eigenvalue weighted by Gasteiger charge is -2.14. The second-order valence-corrected chi connectivity index (χ2v) is 4.32. The second-order valence-electron chi connectivity index (χ2n) is 4.32. The molecule has 1 aliphatic heterocycles. The Morgan fingerprint density at radius 3 is 2.94 bits per heavy atom. The van der Waals surface area contributed by atoms with Crippen LogP contribution in [0.1, 0.15) is 25.3 Å². The highest BCUT2D eigenvalue weighted by molar-refractivity contribution is 5.56. The molecule has 4 nitrogen and oxygen atoms in total. The number of rotatable bonds is 3. The maximum absolute atomic E-state index is 8.72. The van der Waals surface area contributed by atoms with Crippen LogP contribution in [0.4, 0.5) is 5.69 Å². The number of hydrogen-bond donors (Lipinski definition) is 1. The van der Waals surface area contributed by atoms with E-state index < -0.39 is 0 Å². The van der Waals surface area contributed by atoms with E-state index in [1.807, 2.05) is 6.07 Å². The maximum Gasteiger partial charge on any atom is 0.142 e. The lowest BCUT2D eigenvalue weighted by Crippen LogP contribution is -2.18. The average molecular weight is 232 g/mol. The van der Waals surface area contributed by atoms with E-state index in [0.29, 0.717) is 29.7 Å². The molecule has 0 amide bonds. The van der Waals surface area contributed by atoms with E-state index in [9.17, 15) is 0 Å². The molecule has 0 aromatic heterocycles. The Bertz CT molecular complexity index is 440. The van der Waals surface area contributed by atoms with Crippen molar-refractivity contribution in [2.75, 3.05) is 12.3 Å². The van der Waals surface area contributed by atoms with Crippen LogP contribution in [0.3, 0.4) is 0 Å². The first kappa shape index (κ1) is 11.7. The Labute approximate surface area is 101 Å². The van der Waals surface area contributed by atoms with Crippen LogP contribution < -0.4 is 10.5 Å². The van der Waals surface area contributed by atoms with Crippen molar-refractivity contribution in [2.45, 2.75) is 32.0 Å². The van der Waals surface area contributed by atoms with Gasteiger partial charge in [-0.25, -0.2) is 0 Å². The first-order chi connectivity index (χ1) is 8.19. The van der Waals surface area contributed by atoms with Gasteiger partial charge in [-0.15, -0.1) is 0 Å². The molecule has 0 aliphatic carbocycles. The lowest BCUT2D eigenvalue weighted by molar-refractivity contribution is 0.0266.